The maximum atomic E-state index is 12.0. The lowest BCUT2D eigenvalue weighted by Gasteiger charge is -2.16. The second-order valence-corrected chi connectivity index (χ2v) is 4.77. The van der Waals surface area contributed by atoms with Crippen LogP contribution in [0.3, 0.4) is 0 Å². The Labute approximate surface area is 118 Å². The number of rotatable bonds is 4. The molecule has 2 rings (SSSR count). The second kappa shape index (κ2) is 5.73. The Kier molecular flexibility index (Phi) is 4.01. The number of carboxylic acids is 1. The lowest BCUT2D eigenvalue weighted by molar-refractivity contribution is -0.385. The number of nitrogens with zero attached hydrogens (tertiary/aromatic N) is 3. The lowest BCUT2D eigenvalue weighted by Crippen LogP contribution is -2.35. The van der Waals surface area contributed by atoms with Gasteiger partial charge < -0.3 is 10.0 Å². The predicted octanol–water partition coefficient (Wildman–Crippen LogP) is -0.310. The van der Waals surface area contributed by atoms with E-state index in [2.05, 4.69) is 0 Å². The number of pyridine rings is 1. The van der Waals surface area contributed by atoms with Gasteiger partial charge in [-0.25, -0.2) is 0 Å². The molecule has 2 heterocycles. The zero-order valence-electron chi connectivity index (χ0n) is 11.0. The molecule has 0 spiro atoms. The van der Waals surface area contributed by atoms with Gasteiger partial charge in [0.2, 0.25) is 5.91 Å². The summed E-state index contributed by atoms with van der Waals surface area (Å²) in [5.41, 5.74) is -0.810. The first-order chi connectivity index (χ1) is 9.88. The summed E-state index contributed by atoms with van der Waals surface area (Å²) in [5, 5.41) is 19.5. The number of hydrogen-bond donors (Lipinski definition) is 1. The quantitative estimate of drug-likeness (QED) is 0.600. The van der Waals surface area contributed by atoms with Crippen molar-refractivity contribution in [1.29, 1.82) is 0 Å². The van der Waals surface area contributed by atoms with E-state index in [0.717, 1.165) is 22.9 Å². The predicted molar refractivity (Wildman–Crippen MR) is 69.7 cm³/mol. The highest BCUT2D eigenvalue weighted by Gasteiger charge is 2.30. The highest BCUT2D eigenvalue weighted by Crippen LogP contribution is 2.16. The molecule has 1 aliphatic rings. The Balaban J connectivity index is 2.10. The zero-order chi connectivity index (χ0) is 15.6. The minimum Gasteiger partial charge on any atom is -0.481 e. The average molecular weight is 295 g/mol. The molecule has 1 aromatic heterocycles. The van der Waals surface area contributed by atoms with Crippen molar-refractivity contribution < 1.29 is 19.6 Å². The summed E-state index contributed by atoms with van der Waals surface area (Å²) in [4.78, 5) is 45.8. The van der Waals surface area contributed by atoms with Gasteiger partial charge in [-0.3, -0.25) is 29.1 Å². The van der Waals surface area contributed by atoms with Crippen molar-refractivity contribution in [2.24, 2.45) is 5.92 Å². The number of amides is 1. The van der Waals surface area contributed by atoms with E-state index in [1.54, 1.807) is 0 Å². The molecule has 0 aromatic carbocycles. The van der Waals surface area contributed by atoms with Crippen LogP contribution in [0.15, 0.2) is 23.1 Å². The van der Waals surface area contributed by atoms with Crippen LogP contribution < -0.4 is 5.56 Å². The third-order valence-corrected chi connectivity index (χ3v) is 3.37. The van der Waals surface area contributed by atoms with Crippen LogP contribution in [0.2, 0.25) is 0 Å². The molecule has 1 atom stereocenters. The van der Waals surface area contributed by atoms with E-state index in [4.69, 9.17) is 5.11 Å². The van der Waals surface area contributed by atoms with Crippen LogP contribution in [0.1, 0.15) is 6.42 Å². The second-order valence-electron chi connectivity index (χ2n) is 4.77. The summed E-state index contributed by atoms with van der Waals surface area (Å²) in [6, 6.07) is 2.09. The third kappa shape index (κ3) is 3.25. The maximum Gasteiger partial charge on any atom is 0.308 e. The molecule has 1 amide bonds. The van der Waals surface area contributed by atoms with Gasteiger partial charge in [0.15, 0.2) is 0 Å². The fourth-order valence-electron chi connectivity index (χ4n) is 2.18. The molecule has 112 valence electrons. The molecule has 1 fully saturated rings. The maximum absolute atomic E-state index is 12.0. The van der Waals surface area contributed by atoms with E-state index < -0.39 is 28.3 Å². The van der Waals surface area contributed by atoms with E-state index in [-0.39, 0.29) is 18.8 Å². The molecule has 1 aromatic rings. The number of carbonyl (C=O) groups is 2. The fourth-order valence-corrected chi connectivity index (χ4v) is 2.18. The molecule has 1 saturated heterocycles. The smallest absolute Gasteiger partial charge is 0.308 e. The summed E-state index contributed by atoms with van der Waals surface area (Å²) in [6.45, 7) is 0.0597. The first-order valence-electron chi connectivity index (χ1n) is 6.24. The largest absolute Gasteiger partial charge is 0.481 e. The highest BCUT2D eigenvalue weighted by atomic mass is 16.6. The number of aliphatic carboxylic acids is 1. The van der Waals surface area contributed by atoms with Gasteiger partial charge in [-0.1, -0.05) is 0 Å². The number of likely N-dealkylation sites (tertiary alicyclic amines) is 1. The third-order valence-electron chi connectivity index (χ3n) is 3.37. The molecular weight excluding hydrogens is 282 g/mol. The minimum atomic E-state index is -0.960. The fraction of sp³-hybridized carbons (Fsp3) is 0.417. The first kappa shape index (κ1) is 14.7. The normalized spacial score (nSPS) is 17.7. The monoisotopic (exact) mass is 295 g/mol. The van der Waals surface area contributed by atoms with Gasteiger partial charge in [-0.05, 0) is 6.42 Å². The van der Waals surface area contributed by atoms with Crippen LogP contribution in [-0.2, 0) is 16.1 Å². The van der Waals surface area contributed by atoms with Gasteiger partial charge in [0.25, 0.3) is 11.2 Å². The van der Waals surface area contributed by atoms with E-state index in [1.807, 2.05) is 0 Å². The van der Waals surface area contributed by atoms with Gasteiger partial charge in [0, 0.05) is 25.2 Å². The summed E-state index contributed by atoms with van der Waals surface area (Å²) in [6.07, 6.45) is 1.37. The van der Waals surface area contributed by atoms with Gasteiger partial charge in [-0.2, -0.15) is 0 Å². The summed E-state index contributed by atoms with van der Waals surface area (Å²) in [7, 11) is 0. The van der Waals surface area contributed by atoms with Gasteiger partial charge in [0.05, 0.1) is 17.0 Å². The molecular formula is C12H13N3O6. The Morgan fingerprint density at radius 2 is 2.14 bits per heavy atom. The van der Waals surface area contributed by atoms with Crippen LogP contribution in [0, 0.1) is 16.0 Å². The number of hydrogen-bond acceptors (Lipinski definition) is 5. The molecule has 0 saturated carbocycles. The zero-order valence-corrected chi connectivity index (χ0v) is 11.0. The Morgan fingerprint density at radius 1 is 1.43 bits per heavy atom. The molecule has 1 unspecified atom stereocenters. The van der Waals surface area contributed by atoms with Crippen LogP contribution in [0.5, 0.6) is 0 Å². The molecule has 21 heavy (non-hydrogen) atoms. The van der Waals surface area contributed by atoms with E-state index in [0.29, 0.717) is 13.0 Å². The lowest BCUT2D eigenvalue weighted by atomic mass is 10.1. The number of nitro groups is 1. The summed E-state index contributed by atoms with van der Waals surface area (Å²) < 4.78 is 0.953. The van der Waals surface area contributed by atoms with Crippen LogP contribution in [-0.4, -0.2) is 44.5 Å². The standard InChI is InChI=1S/C12H13N3O6/c16-10-2-1-9(15(20)21)6-14(10)7-11(17)13-4-3-8(5-13)12(18)19/h1-2,6,8H,3-5,7H2,(H,18,19). The molecule has 0 aliphatic carbocycles. The molecule has 0 bridgehead atoms. The van der Waals surface area contributed by atoms with Gasteiger partial charge in [0.1, 0.15) is 6.54 Å². The SMILES string of the molecule is O=C(O)C1CCN(C(=O)Cn2cc([N+](=O)[O-])ccc2=O)C1. The van der Waals surface area contributed by atoms with Crippen LogP contribution in [0.4, 0.5) is 5.69 Å². The van der Waals surface area contributed by atoms with Crippen molar-refractivity contribution >= 4 is 17.6 Å². The van der Waals surface area contributed by atoms with Gasteiger partial charge in [-0.15, -0.1) is 0 Å². The Bertz CT molecular complexity index is 653. The molecule has 1 aliphatic heterocycles. The molecule has 9 nitrogen and oxygen atoms in total. The van der Waals surface area contributed by atoms with Crippen molar-refractivity contribution in [3.05, 3.63) is 38.8 Å². The molecule has 9 heteroatoms. The highest BCUT2D eigenvalue weighted by molar-refractivity contribution is 5.78. The molecule has 1 N–H and O–H groups in total. The summed E-state index contributed by atoms with van der Waals surface area (Å²) in [5.74, 6) is -1.99. The minimum absolute atomic E-state index is 0.0951. The number of aromatic nitrogens is 1. The van der Waals surface area contributed by atoms with E-state index in [9.17, 15) is 24.5 Å². The number of carbonyl (C=O) groups excluding carboxylic acids is 1. The average Bonchev–Trinajstić information content (AvgIpc) is 2.90. The van der Waals surface area contributed by atoms with Crippen molar-refractivity contribution in [3.63, 3.8) is 0 Å². The topological polar surface area (TPSA) is 123 Å². The Morgan fingerprint density at radius 3 is 2.71 bits per heavy atom. The Hall–Kier alpha value is -2.71. The molecule has 0 radical (unpaired) electrons. The van der Waals surface area contributed by atoms with Crippen molar-refractivity contribution in [2.45, 2.75) is 13.0 Å². The van der Waals surface area contributed by atoms with Crippen LogP contribution in [0.25, 0.3) is 0 Å². The first-order valence-corrected chi connectivity index (χ1v) is 6.24. The summed E-state index contributed by atoms with van der Waals surface area (Å²) >= 11 is 0. The van der Waals surface area contributed by atoms with Gasteiger partial charge >= 0.3 is 5.97 Å². The van der Waals surface area contributed by atoms with Crippen molar-refractivity contribution in [2.75, 3.05) is 13.1 Å². The number of carboxylic acid groups (broad SMARTS) is 1. The van der Waals surface area contributed by atoms with E-state index in [1.165, 1.54) is 4.90 Å². The van der Waals surface area contributed by atoms with Crippen LogP contribution >= 0.6 is 0 Å². The van der Waals surface area contributed by atoms with Crippen molar-refractivity contribution in [1.82, 2.24) is 9.47 Å². The van der Waals surface area contributed by atoms with E-state index >= 15 is 0 Å². The van der Waals surface area contributed by atoms with Crippen molar-refractivity contribution in [3.8, 4) is 0 Å².